The summed E-state index contributed by atoms with van der Waals surface area (Å²) < 4.78 is 0. The molecular weight excluding hydrogens is 198 g/mol. The minimum absolute atomic E-state index is 0.184. The summed E-state index contributed by atoms with van der Waals surface area (Å²) >= 11 is 2.01. The smallest absolute Gasteiger partial charge is 0.156 e. The Labute approximate surface area is 88.5 Å². The molecule has 2 saturated heterocycles. The highest BCUT2D eigenvalue weighted by Crippen LogP contribution is 2.28. The molecule has 0 spiro atoms. The quantitative estimate of drug-likeness (QED) is 0.308. The molecule has 0 bridgehead atoms. The zero-order chi connectivity index (χ0) is 9.97. The highest BCUT2D eigenvalue weighted by Gasteiger charge is 2.34. The Morgan fingerprint density at radius 2 is 2.36 bits per heavy atom. The van der Waals surface area contributed by atoms with Crippen LogP contribution in [-0.2, 0) is 0 Å². The Bertz CT molecular complexity index is 228. The summed E-state index contributed by atoms with van der Waals surface area (Å²) in [6.07, 6.45) is 3.46. The van der Waals surface area contributed by atoms with Crippen molar-refractivity contribution in [3.8, 4) is 0 Å². The van der Waals surface area contributed by atoms with Crippen LogP contribution in [0.5, 0.6) is 0 Å². The van der Waals surface area contributed by atoms with Crippen LogP contribution in [0.3, 0.4) is 0 Å². The molecule has 2 unspecified atom stereocenters. The van der Waals surface area contributed by atoms with Crippen molar-refractivity contribution in [1.29, 1.82) is 0 Å². The Morgan fingerprint density at radius 1 is 1.50 bits per heavy atom. The Balaban J connectivity index is 2.02. The van der Waals surface area contributed by atoms with Crippen LogP contribution in [0.4, 0.5) is 0 Å². The van der Waals surface area contributed by atoms with Crippen molar-refractivity contribution in [1.82, 2.24) is 4.90 Å². The first-order chi connectivity index (χ1) is 6.83. The number of oxime groups is 1. The van der Waals surface area contributed by atoms with E-state index in [1.165, 1.54) is 24.3 Å². The monoisotopic (exact) mass is 215 g/mol. The summed E-state index contributed by atoms with van der Waals surface area (Å²) in [5, 5.41) is 11.8. The molecule has 0 amide bonds. The molecule has 0 aromatic carbocycles. The predicted octanol–water partition coefficient (Wildman–Crippen LogP) is 0.703. The predicted molar refractivity (Wildman–Crippen MR) is 58.9 cm³/mol. The van der Waals surface area contributed by atoms with Gasteiger partial charge in [0.05, 0.1) is 6.04 Å². The molecule has 0 aromatic rings. The van der Waals surface area contributed by atoms with E-state index in [0.29, 0.717) is 11.9 Å². The van der Waals surface area contributed by atoms with Crippen LogP contribution in [0.25, 0.3) is 0 Å². The summed E-state index contributed by atoms with van der Waals surface area (Å²) in [5.41, 5.74) is 5.69. The van der Waals surface area contributed by atoms with E-state index in [-0.39, 0.29) is 6.04 Å². The van der Waals surface area contributed by atoms with E-state index in [4.69, 9.17) is 10.9 Å². The normalized spacial score (nSPS) is 35.3. The zero-order valence-electron chi connectivity index (χ0n) is 8.22. The SMILES string of the molecule is N/C(=N\O)C1CCCN1C1CCSC1. The van der Waals surface area contributed by atoms with Crippen LogP contribution < -0.4 is 5.73 Å². The van der Waals surface area contributed by atoms with Crippen LogP contribution in [0.15, 0.2) is 5.16 Å². The van der Waals surface area contributed by atoms with Crippen molar-refractivity contribution < 1.29 is 5.21 Å². The van der Waals surface area contributed by atoms with Crippen molar-refractivity contribution in [2.75, 3.05) is 18.1 Å². The van der Waals surface area contributed by atoms with Gasteiger partial charge in [0.1, 0.15) is 0 Å². The Morgan fingerprint density at radius 3 is 3.00 bits per heavy atom. The lowest BCUT2D eigenvalue weighted by atomic mass is 10.1. The standard InChI is InChI=1S/C9H17N3OS/c10-9(11-13)8-2-1-4-12(8)7-3-5-14-6-7/h7-8,13H,1-6H2,(H2,10,11). The first-order valence-electron chi connectivity index (χ1n) is 5.14. The second-order valence-electron chi connectivity index (χ2n) is 3.94. The maximum atomic E-state index is 8.69. The van der Waals surface area contributed by atoms with E-state index < -0.39 is 0 Å². The average molecular weight is 215 g/mol. The molecule has 0 saturated carbocycles. The van der Waals surface area contributed by atoms with Gasteiger partial charge < -0.3 is 10.9 Å². The van der Waals surface area contributed by atoms with Gasteiger partial charge in [0.25, 0.3) is 0 Å². The van der Waals surface area contributed by atoms with Crippen molar-refractivity contribution in [2.45, 2.75) is 31.3 Å². The van der Waals surface area contributed by atoms with Gasteiger partial charge in [-0.25, -0.2) is 0 Å². The van der Waals surface area contributed by atoms with E-state index in [1.807, 2.05) is 11.8 Å². The molecule has 2 aliphatic heterocycles. The van der Waals surface area contributed by atoms with Crippen LogP contribution in [0.1, 0.15) is 19.3 Å². The molecule has 2 atom stereocenters. The van der Waals surface area contributed by atoms with Crippen LogP contribution in [0, 0.1) is 0 Å². The molecule has 4 nitrogen and oxygen atoms in total. The van der Waals surface area contributed by atoms with Gasteiger partial charge in [-0.1, -0.05) is 5.16 Å². The topological polar surface area (TPSA) is 61.9 Å². The van der Waals surface area contributed by atoms with E-state index in [1.54, 1.807) is 0 Å². The van der Waals surface area contributed by atoms with Gasteiger partial charge in [0.2, 0.25) is 0 Å². The number of hydrogen-bond donors (Lipinski definition) is 2. The second-order valence-corrected chi connectivity index (χ2v) is 5.09. The molecule has 2 heterocycles. The lowest BCUT2D eigenvalue weighted by Crippen LogP contribution is -2.46. The minimum atomic E-state index is 0.184. The number of nitrogens with two attached hydrogens (primary N) is 1. The highest BCUT2D eigenvalue weighted by atomic mass is 32.2. The first-order valence-corrected chi connectivity index (χ1v) is 6.29. The third-order valence-electron chi connectivity index (χ3n) is 3.13. The van der Waals surface area contributed by atoms with Gasteiger partial charge in [-0.05, 0) is 31.6 Å². The molecule has 80 valence electrons. The largest absolute Gasteiger partial charge is 0.409 e. The number of rotatable bonds is 2. The molecule has 0 aromatic heterocycles. The summed E-state index contributed by atoms with van der Waals surface area (Å²) in [6.45, 7) is 1.10. The van der Waals surface area contributed by atoms with Gasteiger partial charge >= 0.3 is 0 Å². The zero-order valence-corrected chi connectivity index (χ0v) is 9.04. The third-order valence-corrected chi connectivity index (χ3v) is 4.27. The first kappa shape index (κ1) is 10.1. The fraction of sp³-hybridized carbons (Fsp3) is 0.889. The van der Waals surface area contributed by atoms with Gasteiger partial charge in [-0.15, -0.1) is 0 Å². The molecule has 0 aliphatic carbocycles. The van der Waals surface area contributed by atoms with Crippen molar-refractivity contribution >= 4 is 17.6 Å². The van der Waals surface area contributed by atoms with Crippen LogP contribution >= 0.6 is 11.8 Å². The molecule has 2 rings (SSSR count). The fourth-order valence-corrected chi connectivity index (χ4v) is 3.63. The molecule has 0 radical (unpaired) electrons. The van der Waals surface area contributed by atoms with Crippen molar-refractivity contribution in [2.24, 2.45) is 10.9 Å². The molecule has 2 aliphatic rings. The van der Waals surface area contributed by atoms with Gasteiger partial charge in [-0.3, -0.25) is 4.90 Å². The van der Waals surface area contributed by atoms with E-state index in [2.05, 4.69) is 10.1 Å². The molecule has 3 N–H and O–H groups in total. The maximum absolute atomic E-state index is 8.69. The molecule has 2 fully saturated rings. The fourth-order valence-electron chi connectivity index (χ4n) is 2.39. The van der Waals surface area contributed by atoms with Gasteiger partial charge in [0.15, 0.2) is 5.84 Å². The Kier molecular flexibility index (Phi) is 3.18. The lowest BCUT2D eigenvalue weighted by molar-refractivity contribution is 0.227. The lowest BCUT2D eigenvalue weighted by Gasteiger charge is -2.28. The molecule has 5 heteroatoms. The number of thioether (sulfide) groups is 1. The highest BCUT2D eigenvalue weighted by molar-refractivity contribution is 7.99. The average Bonchev–Trinajstić information content (AvgIpc) is 2.85. The van der Waals surface area contributed by atoms with E-state index in [0.717, 1.165) is 13.0 Å². The van der Waals surface area contributed by atoms with Crippen LogP contribution in [0.2, 0.25) is 0 Å². The number of likely N-dealkylation sites (tertiary alicyclic amines) is 1. The minimum Gasteiger partial charge on any atom is -0.409 e. The molecule has 14 heavy (non-hydrogen) atoms. The molecular formula is C9H17N3OS. The summed E-state index contributed by atoms with van der Waals surface area (Å²) in [4.78, 5) is 2.41. The third kappa shape index (κ3) is 1.83. The number of hydrogen-bond acceptors (Lipinski definition) is 4. The summed E-state index contributed by atoms with van der Waals surface area (Å²) in [7, 11) is 0. The second kappa shape index (κ2) is 4.40. The van der Waals surface area contributed by atoms with Crippen molar-refractivity contribution in [3.05, 3.63) is 0 Å². The van der Waals surface area contributed by atoms with Gasteiger partial charge in [-0.2, -0.15) is 11.8 Å². The summed E-state index contributed by atoms with van der Waals surface area (Å²) in [6, 6.07) is 0.830. The van der Waals surface area contributed by atoms with E-state index in [9.17, 15) is 0 Å². The number of nitrogens with zero attached hydrogens (tertiary/aromatic N) is 2. The summed E-state index contributed by atoms with van der Waals surface area (Å²) in [5.74, 6) is 2.85. The van der Waals surface area contributed by atoms with E-state index >= 15 is 0 Å². The van der Waals surface area contributed by atoms with Crippen molar-refractivity contribution in [3.63, 3.8) is 0 Å². The number of amidine groups is 1. The van der Waals surface area contributed by atoms with Gasteiger partial charge in [0, 0.05) is 11.8 Å². The van der Waals surface area contributed by atoms with Crippen LogP contribution in [-0.4, -0.2) is 46.1 Å². The maximum Gasteiger partial charge on any atom is 0.156 e. The Hall–Kier alpha value is -0.420.